The Bertz CT molecular complexity index is 1290. The van der Waals surface area contributed by atoms with Gasteiger partial charge in [0, 0.05) is 25.0 Å². The molecular formula is C30H41ClN3O8+. The summed E-state index contributed by atoms with van der Waals surface area (Å²) in [5.41, 5.74) is -0.772. The highest BCUT2D eigenvalue weighted by Gasteiger charge is 2.64. The number of aliphatic hydroxyl groups is 1. The zero-order chi connectivity index (χ0) is 30.8. The second-order valence-electron chi connectivity index (χ2n) is 11.3. The molecule has 1 aromatic rings. The molecule has 3 aliphatic rings. The Morgan fingerprint density at radius 3 is 2.79 bits per heavy atom. The van der Waals surface area contributed by atoms with Crippen LogP contribution in [0.2, 0.25) is 5.15 Å². The lowest BCUT2D eigenvalue weighted by Crippen LogP contribution is -2.60. The van der Waals surface area contributed by atoms with E-state index < -0.39 is 47.6 Å². The first-order valence-electron chi connectivity index (χ1n) is 13.9. The molecule has 0 amide bonds. The molecule has 42 heavy (non-hydrogen) atoms. The number of methoxy groups -OCH3 is 2. The predicted octanol–water partition coefficient (Wildman–Crippen LogP) is 2.20. The van der Waals surface area contributed by atoms with Crippen LogP contribution in [0.25, 0.3) is 0 Å². The quantitative estimate of drug-likeness (QED) is 0.198. The third-order valence-corrected chi connectivity index (χ3v) is 8.47. The normalized spacial score (nSPS) is 35.2. The van der Waals surface area contributed by atoms with E-state index in [1.807, 2.05) is 26.0 Å². The summed E-state index contributed by atoms with van der Waals surface area (Å²) in [6.07, 6.45) is 4.96. The van der Waals surface area contributed by atoms with Gasteiger partial charge in [-0.05, 0) is 51.6 Å². The van der Waals surface area contributed by atoms with E-state index in [-0.39, 0.29) is 36.3 Å². The van der Waals surface area contributed by atoms with Crippen LogP contribution in [0, 0.1) is 5.92 Å². The lowest BCUT2D eigenvalue weighted by atomic mass is 9.83. The van der Waals surface area contributed by atoms with Crippen LogP contribution in [-0.2, 0) is 30.2 Å². The smallest absolute Gasteiger partial charge is 0.397 e. The van der Waals surface area contributed by atoms with Crippen molar-refractivity contribution in [2.75, 3.05) is 27.8 Å². The summed E-state index contributed by atoms with van der Waals surface area (Å²) >= 11 is 6.58. The van der Waals surface area contributed by atoms with Gasteiger partial charge in [0.25, 0.3) is 0 Å². The number of likely N-dealkylation sites (N-methyl/N-ethyl adjacent to an activating group) is 1. The Morgan fingerprint density at radius 1 is 1.38 bits per heavy atom. The molecule has 4 rings (SSSR count). The first-order valence-corrected chi connectivity index (χ1v) is 14.3. The molecule has 12 heteroatoms. The van der Waals surface area contributed by atoms with Crippen molar-refractivity contribution in [3.05, 3.63) is 59.2 Å². The number of nitrogens with one attached hydrogen (secondary N) is 2. The van der Waals surface area contributed by atoms with Gasteiger partial charge in [-0.1, -0.05) is 30.7 Å². The van der Waals surface area contributed by atoms with Crippen LogP contribution in [0.5, 0.6) is 5.75 Å². The number of hydrogen-bond donors (Lipinski definition) is 3. The molecule has 2 saturated heterocycles. The number of carbonyl (C=O) groups excluding carboxylic acids is 2. The van der Waals surface area contributed by atoms with Crippen molar-refractivity contribution in [3.63, 3.8) is 0 Å². The number of esters is 1. The molecule has 4 heterocycles. The Balaban J connectivity index is 1.79. The van der Waals surface area contributed by atoms with Crippen LogP contribution in [0.3, 0.4) is 0 Å². The number of aromatic nitrogens is 1. The highest BCUT2D eigenvalue weighted by atomic mass is 35.5. The Morgan fingerprint density at radius 2 is 2.12 bits per heavy atom. The highest BCUT2D eigenvalue weighted by molar-refractivity contribution is 6.30. The predicted molar refractivity (Wildman–Crippen MR) is 154 cm³/mol. The summed E-state index contributed by atoms with van der Waals surface area (Å²) in [7, 11) is 4.63. The summed E-state index contributed by atoms with van der Waals surface area (Å²) in [6, 6.07) is 1.78. The SMILES string of the molecule is C=C1N[C@]2(O)C[C@H](O1)[C@@H](C)C1O[C@@]1(C)[C@@H](OC(=O)CNC)CC(=O)[n+]1cc(cc(OC)c1Cl)C/C(C)=C/C=C/[C@H]2OC. The van der Waals surface area contributed by atoms with Crippen molar-refractivity contribution < 1.29 is 42.9 Å². The molecule has 11 nitrogen and oxygen atoms in total. The molecule has 4 bridgehead atoms. The minimum absolute atomic E-state index is 0.0417. The molecular weight excluding hydrogens is 566 g/mol. The van der Waals surface area contributed by atoms with Gasteiger partial charge < -0.3 is 39.4 Å². The number of halogens is 1. The lowest BCUT2D eigenvalue weighted by molar-refractivity contribution is -0.573. The van der Waals surface area contributed by atoms with Crippen molar-refractivity contribution in [3.8, 4) is 5.75 Å². The van der Waals surface area contributed by atoms with Crippen molar-refractivity contribution in [1.82, 2.24) is 10.6 Å². The zero-order valence-corrected chi connectivity index (χ0v) is 25.7. The molecule has 2 fully saturated rings. The van der Waals surface area contributed by atoms with Gasteiger partial charge in [-0.25, -0.2) is 4.79 Å². The number of allylic oxidation sites excluding steroid dienone is 3. The standard InChI is InChI=1S/C30H41ClN3O8/c1-17-9-8-10-23(39-7)30(37)14-22(40-19(3)33-30)18(2)27-29(4,42-27)24(41-26(36)15-32-5)13-25(35)34-16-20(11-17)12-21(38-6)28(34)31/h8-10,12,16,18,22-24,27,32-33,37H,3,11,13-15H2,1-2,4-7H3/q+1/b10-8+,17-9+/t18-,22+,23-,24+,27?,29+,30+/m1/s1. The van der Waals surface area contributed by atoms with Gasteiger partial charge >= 0.3 is 17.0 Å². The Labute approximate surface area is 251 Å². The number of carbonyl (C=O) groups is 2. The van der Waals surface area contributed by atoms with E-state index in [0.29, 0.717) is 12.2 Å². The second kappa shape index (κ2) is 12.7. The van der Waals surface area contributed by atoms with Crippen molar-refractivity contribution in [1.29, 1.82) is 0 Å². The molecule has 3 N–H and O–H groups in total. The molecule has 3 aliphatic heterocycles. The van der Waals surface area contributed by atoms with Gasteiger partial charge in [-0.2, -0.15) is 0 Å². The van der Waals surface area contributed by atoms with E-state index in [2.05, 4.69) is 17.2 Å². The molecule has 0 saturated carbocycles. The number of fused-ring (bicyclic) bond motifs is 5. The van der Waals surface area contributed by atoms with E-state index in [9.17, 15) is 14.7 Å². The fourth-order valence-electron chi connectivity index (χ4n) is 5.78. The number of pyridine rings is 1. The second-order valence-corrected chi connectivity index (χ2v) is 11.7. The molecule has 0 aromatic carbocycles. The molecule has 1 unspecified atom stereocenters. The Hall–Kier alpha value is -2.96. The molecule has 1 aromatic heterocycles. The number of hydrogen-bond acceptors (Lipinski definition) is 10. The molecule has 0 aliphatic carbocycles. The van der Waals surface area contributed by atoms with Gasteiger partial charge in [0.15, 0.2) is 17.8 Å². The van der Waals surface area contributed by atoms with Crippen LogP contribution >= 0.6 is 11.6 Å². The van der Waals surface area contributed by atoms with Crippen molar-refractivity contribution >= 4 is 23.5 Å². The van der Waals surface area contributed by atoms with Crippen LogP contribution in [0.1, 0.15) is 44.0 Å². The summed E-state index contributed by atoms with van der Waals surface area (Å²) in [5, 5.41) is 17.5. The fraction of sp³-hybridized carbons (Fsp3) is 0.567. The van der Waals surface area contributed by atoms with Gasteiger partial charge in [-0.15, -0.1) is 4.57 Å². The summed E-state index contributed by atoms with van der Waals surface area (Å²) in [5.74, 6) is -0.674. The summed E-state index contributed by atoms with van der Waals surface area (Å²) in [6.45, 7) is 9.55. The van der Waals surface area contributed by atoms with Crippen LogP contribution in [0.15, 0.2) is 48.5 Å². The minimum atomic E-state index is -1.51. The van der Waals surface area contributed by atoms with Gasteiger partial charge in [-0.3, -0.25) is 4.79 Å². The van der Waals surface area contributed by atoms with E-state index in [1.54, 1.807) is 32.3 Å². The summed E-state index contributed by atoms with van der Waals surface area (Å²) in [4.78, 5) is 26.4. The largest absolute Gasteiger partial charge is 0.490 e. The molecule has 7 atom stereocenters. The first-order chi connectivity index (χ1) is 19.8. The Kier molecular flexibility index (Phi) is 9.68. The third-order valence-electron chi connectivity index (χ3n) is 8.10. The zero-order valence-electron chi connectivity index (χ0n) is 24.9. The number of ether oxygens (including phenoxy) is 5. The van der Waals surface area contributed by atoms with Crippen molar-refractivity contribution in [2.24, 2.45) is 5.92 Å². The topological polar surface area (TPSA) is 132 Å². The number of rotatable bonds is 5. The van der Waals surface area contributed by atoms with Gasteiger partial charge in [0.2, 0.25) is 5.75 Å². The van der Waals surface area contributed by atoms with Gasteiger partial charge in [0.1, 0.15) is 30.3 Å². The van der Waals surface area contributed by atoms with Gasteiger partial charge in [0.05, 0.1) is 19.8 Å². The van der Waals surface area contributed by atoms with E-state index in [1.165, 1.54) is 18.8 Å². The molecule has 0 radical (unpaired) electrons. The van der Waals surface area contributed by atoms with Crippen LogP contribution in [-0.4, -0.2) is 80.5 Å². The average molecular weight is 607 g/mol. The highest BCUT2D eigenvalue weighted by Crippen LogP contribution is 2.49. The van der Waals surface area contributed by atoms with Crippen LogP contribution < -0.4 is 19.9 Å². The summed E-state index contributed by atoms with van der Waals surface area (Å²) < 4.78 is 30.5. The lowest BCUT2D eigenvalue weighted by Gasteiger charge is -2.44. The monoisotopic (exact) mass is 606 g/mol. The third kappa shape index (κ3) is 6.65. The minimum Gasteiger partial charge on any atom is -0.490 e. The van der Waals surface area contributed by atoms with E-state index >= 15 is 0 Å². The number of epoxide rings is 1. The number of nitrogens with zero attached hydrogens (tertiary/aromatic N) is 1. The van der Waals surface area contributed by atoms with Crippen LogP contribution in [0.4, 0.5) is 0 Å². The van der Waals surface area contributed by atoms with E-state index in [4.69, 9.17) is 35.3 Å². The molecule has 230 valence electrons. The average Bonchev–Trinajstić information content (AvgIpc) is 3.62. The molecule has 0 spiro atoms. The maximum Gasteiger partial charge on any atom is 0.397 e. The van der Waals surface area contributed by atoms with E-state index in [0.717, 1.165) is 11.1 Å². The maximum absolute atomic E-state index is 13.7. The maximum atomic E-state index is 13.7. The van der Waals surface area contributed by atoms with Crippen molar-refractivity contribution in [2.45, 2.75) is 75.8 Å². The first kappa shape index (κ1) is 32.0. The fourth-order valence-corrected chi connectivity index (χ4v) is 6.06.